The molecule has 298 valence electrons. The third-order valence-electron chi connectivity index (χ3n) is 11.1. The van der Waals surface area contributed by atoms with E-state index in [-0.39, 0.29) is 48.9 Å². The maximum Gasteiger partial charge on any atom is 0.310 e. The van der Waals surface area contributed by atoms with Crippen molar-refractivity contribution in [3.8, 4) is 0 Å². The average Bonchev–Trinajstić information content (AvgIpc) is 3.73. The lowest BCUT2D eigenvalue weighted by molar-refractivity contribution is -0.174. The van der Waals surface area contributed by atoms with Gasteiger partial charge in [-0.2, -0.15) is 0 Å². The molecule has 0 aromatic rings. The zero-order valence-corrected chi connectivity index (χ0v) is 33.8. The standard InChI is InChI=1S/C43H79NO7/c1-6-10-14-18-20-24-28-35(26-22-16-12-8-3)42(46)50-39-34-48-38(33-49-41(45)37-30-31-44(5)32-37)40(39)51-43(47)36(27-23-17-13-9-4)29-25-21-19-15-11-7-2/h35-40H,6-34H2,1-5H3/t35?,36?,37?,38-,39+,40+/m1/s1. The summed E-state index contributed by atoms with van der Waals surface area (Å²) in [6, 6.07) is 0. The number of likely N-dealkylation sites (tertiary alicyclic amines) is 1. The summed E-state index contributed by atoms with van der Waals surface area (Å²) >= 11 is 0. The Balaban J connectivity index is 2.14. The van der Waals surface area contributed by atoms with Gasteiger partial charge in [-0.3, -0.25) is 14.4 Å². The van der Waals surface area contributed by atoms with Gasteiger partial charge in [0.25, 0.3) is 0 Å². The van der Waals surface area contributed by atoms with Crippen LogP contribution in [-0.4, -0.2) is 74.5 Å². The van der Waals surface area contributed by atoms with Crippen LogP contribution in [-0.2, 0) is 33.3 Å². The highest BCUT2D eigenvalue weighted by Gasteiger charge is 2.45. The van der Waals surface area contributed by atoms with Gasteiger partial charge in [-0.05, 0) is 45.7 Å². The van der Waals surface area contributed by atoms with E-state index in [4.69, 9.17) is 18.9 Å². The summed E-state index contributed by atoms with van der Waals surface area (Å²) in [6.07, 6.45) is 24.9. The summed E-state index contributed by atoms with van der Waals surface area (Å²) in [5.74, 6) is -1.19. The second kappa shape index (κ2) is 28.8. The normalized spacial score (nSPS) is 21.8. The number of hydrogen-bond acceptors (Lipinski definition) is 8. The van der Waals surface area contributed by atoms with Crippen LogP contribution in [0.2, 0.25) is 0 Å². The third-order valence-corrected chi connectivity index (χ3v) is 11.1. The Morgan fingerprint density at radius 2 is 1.06 bits per heavy atom. The number of unbranched alkanes of at least 4 members (excludes halogenated alkanes) is 16. The van der Waals surface area contributed by atoms with Crippen molar-refractivity contribution in [2.75, 3.05) is 33.4 Å². The van der Waals surface area contributed by atoms with Crippen LogP contribution >= 0.6 is 0 Å². The molecule has 0 N–H and O–H groups in total. The summed E-state index contributed by atoms with van der Waals surface area (Å²) in [5, 5.41) is 0. The minimum Gasteiger partial charge on any atom is -0.463 e. The van der Waals surface area contributed by atoms with Crippen LogP contribution in [0.3, 0.4) is 0 Å². The molecule has 8 heteroatoms. The Morgan fingerprint density at radius 3 is 1.51 bits per heavy atom. The Labute approximate surface area is 313 Å². The predicted molar refractivity (Wildman–Crippen MR) is 207 cm³/mol. The molecule has 0 amide bonds. The van der Waals surface area contributed by atoms with Gasteiger partial charge in [-0.1, -0.05) is 156 Å². The monoisotopic (exact) mass is 722 g/mol. The highest BCUT2D eigenvalue weighted by Crippen LogP contribution is 2.29. The van der Waals surface area contributed by atoms with Crippen LogP contribution in [0.5, 0.6) is 0 Å². The van der Waals surface area contributed by atoms with Crippen molar-refractivity contribution in [3.05, 3.63) is 0 Å². The maximum atomic E-state index is 13.9. The van der Waals surface area contributed by atoms with E-state index in [2.05, 4.69) is 32.6 Å². The predicted octanol–water partition coefficient (Wildman–Crippen LogP) is 10.4. The zero-order chi connectivity index (χ0) is 37.1. The maximum absolute atomic E-state index is 13.9. The van der Waals surface area contributed by atoms with Gasteiger partial charge >= 0.3 is 17.9 Å². The molecule has 6 atom stereocenters. The fourth-order valence-electron chi connectivity index (χ4n) is 7.67. The fraction of sp³-hybridized carbons (Fsp3) is 0.930. The van der Waals surface area contributed by atoms with E-state index in [1.165, 1.54) is 57.8 Å². The van der Waals surface area contributed by atoms with Crippen LogP contribution in [0.4, 0.5) is 0 Å². The van der Waals surface area contributed by atoms with E-state index in [0.29, 0.717) is 6.54 Å². The lowest BCUT2D eigenvalue weighted by Crippen LogP contribution is -2.42. The highest BCUT2D eigenvalue weighted by atomic mass is 16.6. The highest BCUT2D eigenvalue weighted by molar-refractivity contribution is 5.74. The second-order valence-electron chi connectivity index (χ2n) is 15.8. The van der Waals surface area contributed by atoms with Crippen molar-refractivity contribution in [1.82, 2.24) is 4.90 Å². The van der Waals surface area contributed by atoms with Gasteiger partial charge in [-0.25, -0.2) is 0 Å². The molecular weight excluding hydrogens is 642 g/mol. The molecule has 51 heavy (non-hydrogen) atoms. The fourth-order valence-corrected chi connectivity index (χ4v) is 7.67. The smallest absolute Gasteiger partial charge is 0.310 e. The molecule has 0 aliphatic carbocycles. The average molecular weight is 722 g/mol. The first kappa shape index (κ1) is 45.5. The third kappa shape index (κ3) is 19.3. The molecule has 0 spiro atoms. The molecule has 2 saturated heterocycles. The van der Waals surface area contributed by atoms with Crippen LogP contribution in [0.1, 0.15) is 188 Å². The number of rotatable bonds is 31. The van der Waals surface area contributed by atoms with Gasteiger partial charge < -0.3 is 23.8 Å². The van der Waals surface area contributed by atoms with E-state index in [1.54, 1.807) is 0 Å². The van der Waals surface area contributed by atoms with E-state index in [0.717, 1.165) is 109 Å². The van der Waals surface area contributed by atoms with Gasteiger partial charge in [-0.15, -0.1) is 0 Å². The van der Waals surface area contributed by atoms with Gasteiger partial charge in [0.2, 0.25) is 0 Å². The SMILES string of the molecule is CCCCCCCCC(CCCCCC)C(=O)O[C@@H]1[C@@H](OC(=O)C(CCCCCC)CCCCCCCC)CO[C@@H]1COC(=O)C1CCN(C)C1. The van der Waals surface area contributed by atoms with E-state index in [9.17, 15) is 14.4 Å². The summed E-state index contributed by atoms with van der Waals surface area (Å²) < 4.78 is 24.5. The Kier molecular flexibility index (Phi) is 25.7. The summed E-state index contributed by atoms with van der Waals surface area (Å²) in [7, 11) is 2.01. The van der Waals surface area contributed by atoms with Crippen molar-refractivity contribution in [2.45, 2.75) is 207 Å². The first-order valence-corrected chi connectivity index (χ1v) is 21.7. The second-order valence-corrected chi connectivity index (χ2v) is 15.8. The Bertz CT molecular complexity index is 913. The number of nitrogens with zero attached hydrogens (tertiary/aromatic N) is 1. The molecule has 3 unspecified atom stereocenters. The molecule has 0 aromatic heterocycles. The molecule has 2 aliphatic heterocycles. The molecule has 0 radical (unpaired) electrons. The van der Waals surface area contributed by atoms with Gasteiger partial charge in [0.1, 0.15) is 12.7 Å². The van der Waals surface area contributed by atoms with Crippen LogP contribution in [0, 0.1) is 17.8 Å². The summed E-state index contributed by atoms with van der Waals surface area (Å²) in [5.41, 5.74) is 0. The largest absolute Gasteiger partial charge is 0.463 e. The van der Waals surface area contributed by atoms with Gasteiger partial charge in [0.15, 0.2) is 12.2 Å². The molecule has 0 bridgehead atoms. The Morgan fingerprint density at radius 1 is 0.627 bits per heavy atom. The van der Waals surface area contributed by atoms with Crippen molar-refractivity contribution in [2.24, 2.45) is 17.8 Å². The van der Waals surface area contributed by atoms with E-state index in [1.807, 2.05) is 7.05 Å². The lowest BCUT2D eigenvalue weighted by Gasteiger charge is -2.27. The minimum absolute atomic E-state index is 0.0121. The molecule has 0 aromatic carbocycles. The first-order valence-electron chi connectivity index (χ1n) is 21.7. The van der Waals surface area contributed by atoms with Gasteiger partial charge in [0, 0.05) is 6.54 Å². The van der Waals surface area contributed by atoms with Gasteiger partial charge in [0.05, 0.1) is 24.4 Å². The molecule has 2 fully saturated rings. The van der Waals surface area contributed by atoms with Crippen LogP contribution in [0.15, 0.2) is 0 Å². The number of hydrogen-bond donors (Lipinski definition) is 0. The first-order chi connectivity index (χ1) is 24.8. The Hall–Kier alpha value is -1.67. The van der Waals surface area contributed by atoms with Crippen LogP contribution < -0.4 is 0 Å². The molecular formula is C43H79NO7. The quantitative estimate of drug-likeness (QED) is 0.0397. The zero-order valence-electron chi connectivity index (χ0n) is 33.8. The molecule has 2 aliphatic rings. The number of carbonyl (C=O) groups excluding carboxylic acids is 3. The molecule has 2 heterocycles. The van der Waals surface area contributed by atoms with Crippen molar-refractivity contribution in [1.29, 1.82) is 0 Å². The van der Waals surface area contributed by atoms with E-state index < -0.39 is 18.3 Å². The van der Waals surface area contributed by atoms with Crippen LogP contribution in [0.25, 0.3) is 0 Å². The number of ether oxygens (including phenoxy) is 4. The minimum atomic E-state index is -0.794. The topological polar surface area (TPSA) is 91.4 Å². The van der Waals surface area contributed by atoms with Crippen molar-refractivity contribution < 1.29 is 33.3 Å². The molecule has 0 saturated carbocycles. The van der Waals surface area contributed by atoms with E-state index >= 15 is 0 Å². The molecule has 8 nitrogen and oxygen atoms in total. The number of carbonyl (C=O) groups is 3. The number of esters is 3. The summed E-state index contributed by atoms with van der Waals surface area (Å²) in [6.45, 7) is 10.5. The van der Waals surface area contributed by atoms with Crippen molar-refractivity contribution in [3.63, 3.8) is 0 Å². The summed E-state index contributed by atoms with van der Waals surface area (Å²) in [4.78, 5) is 42.8. The van der Waals surface area contributed by atoms with Crippen molar-refractivity contribution >= 4 is 17.9 Å². The molecule has 2 rings (SSSR count). The lowest BCUT2D eigenvalue weighted by atomic mass is 9.94.